The molecule has 0 saturated heterocycles. The fourth-order valence-electron chi connectivity index (χ4n) is 2.81. The molecule has 0 aliphatic carbocycles. The summed E-state index contributed by atoms with van der Waals surface area (Å²) in [6, 6.07) is 4.82. The van der Waals surface area contributed by atoms with Gasteiger partial charge in [0.05, 0.1) is 24.6 Å². The van der Waals surface area contributed by atoms with Gasteiger partial charge in [-0.1, -0.05) is 26.0 Å². The molecule has 1 aromatic heterocycles. The number of halogens is 1. The molecule has 2 aromatic rings. The van der Waals surface area contributed by atoms with E-state index in [1.807, 2.05) is 0 Å². The molecule has 0 radical (unpaired) electrons. The van der Waals surface area contributed by atoms with Crippen molar-refractivity contribution in [3.05, 3.63) is 46.9 Å². The average Bonchev–Trinajstić information content (AvgIpc) is 2.64. The van der Waals surface area contributed by atoms with Gasteiger partial charge in [0.1, 0.15) is 11.4 Å². The molecule has 8 nitrogen and oxygen atoms in total. The normalized spacial score (nSPS) is 11.4. The van der Waals surface area contributed by atoms with Crippen LogP contribution in [0.5, 0.6) is 0 Å². The number of anilines is 1. The van der Waals surface area contributed by atoms with E-state index in [0.717, 1.165) is 29.8 Å². The van der Waals surface area contributed by atoms with Gasteiger partial charge in [-0.25, -0.2) is 27.4 Å². The number of carbonyl (C=O) groups excluding carboxylic acids is 1. The maximum Gasteiger partial charge on any atom is 0.340 e. The van der Waals surface area contributed by atoms with Crippen LogP contribution in [0.2, 0.25) is 0 Å². The Morgan fingerprint density at radius 1 is 1.17 bits per heavy atom. The predicted octanol–water partition coefficient (Wildman–Crippen LogP) is 2.89. The van der Waals surface area contributed by atoms with Crippen LogP contribution < -0.4 is 4.31 Å². The molecule has 29 heavy (non-hydrogen) atoms. The Morgan fingerprint density at radius 2 is 1.72 bits per heavy atom. The third-order valence-electron chi connectivity index (χ3n) is 4.28. The lowest BCUT2D eigenvalue weighted by Gasteiger charge is -2.24. The highest BCUT2D eigenvalue weighted by atomic mass is 32.2. The van der Waals surface area contributed by atoms with Crippen LogP contribution in [0, 0.1) is 5.82 Å². The molecule has 1 aromatic carbocycles. The van der Waals surface area contributed by atoms with Crippen molar-refractivity contribution in [3.63, 3.8) is 0 Å². The minimum absolute atomic E-state index is 0.0893. The second-order valence-electron chi connectivity index (χ2n) is 6.63. The third kappa shape index (κ3) is 4.37. The van der Waals surface area contributed by atoms with Crippen LogP contribution in [-0.2, 0) is 14.8 Å². The Kier molecular flexibility index (Phi) is 6.27. The van der Waals surface area contributed by atoms with Gasteiger partial charge in [-0.05, 0) is 23.6 Å². The second-order valence-corrected chi connectivity index (χ2v) is 8.65. The zero-order chi connectivity index (χ0) is 22.1. The molecule has 0 atom stereocenters. The molecule has 0 aliphatic rings. The second kappa shape index (κ2) is 8.16. The van der Waals surface area contributed by atoms with Gasteiger partial charge in [-0.2, -0.15) is 0 Å². The Bertz CT molecular complexity index is 1070. The summed E-state index contributed by atoms with van der Waals surface area (Å²) in [6.45, 7) is 3.43. The van der Waals surface area contributed by atoms with Crippen molar-refractivity contribution in [2.24, 2.45) is 0 Å². The van der Waals surface area contributed by atoms with E-state index in [9.17, 15) is 27.5 Å². The lowest BCUT2D eigenvalue weighted by atomic mass is 9.90. The summed E-state index contributed by atoms with van der Waals surface area (Å²) in [6.07, 6.45) is 0.904. The maximum atomic E-state index is 13.5. The van der Waals surface area contributed by atoms with Gasteiger partial charge < -0.3 is 9.84 Å². The molecule has 10 heteroatoms. The van der Waals surface area contributed by atoms with Gasteiger partial charge in [0.15, 0.2) is 5.82 Å². The number of methoxy groups -OCH3 is 1. The summed E-state index contributed by atoms with van der Waals surface area (Å²) in [5, 5.41) is 9.90. The van der Waals surface area contributed by atoms with Crippen molar-refractivity contribution in [2.75, 3.05) is 24.7 Å². The van der Waals surface area contributed by atoms with Crippen molar-refractivity contribution in [1.82, 2.24) is 4.98 Å². The fourth-order valence-corrected chi connectivity index (χ4v) is 3.26. The van der Waals surface area contributed by atoms with Crippen LogP contribution in [0.4, 0.5) is 10.2 Å². The highest BCUT2D eigenvalue weighted by molar-refractivity contribution is 7.92. The highest BCUT2D eigenvalue weighted by Gasteiger charge is 2.33. The molecule has 0 aliphatic heterocycles. The lowest BCUT2D eigenvalue weighted by molar-refractivity contribution is 0.0599. The number of aromatic carboxylic acids is 1. The Balaban J connectivity index is 3.13. The van der Waals surface area contributed by atoms with E-state index in [0.29, 0.717) is 0 Å². The van der Waals surface area contributed by atoms with Gasteiger partial charge in [0.25, 0.3) is 0 Å². The Morgan fingerprint density at radius 3 is 2.14 bits per heavy atom. The number of nitrogens with zero attached hydrogens (tertiary/aromatic N) is 2. The first-order valence-corrected chi connectivity index (χ1v) is 10.3. The van der Waals surface area contributed by atoms with E-state index in [2.05, 4.69) is 4.98 Å². The molecular weight excluding hydrogens is 403 g/mol. The Hall–Kier alpha value is -3.01. The number of hydrogen-bond donors (Lipinski definition) is 1. The van der Waals surface area contributed by atoms with E-state index >= 15 is 0 Å². The predicted molar refractivity (Wildman–Crippen MR) is 105 cm³/mol. The van der Waals surface area contributed by atoms with E-state index in [1.54, 1.807) is 13.8 Å². The number of carboxylic acids is 1. The molecule has 156 valence electrons. The zero-order valence-electron chi connectivity index (χ0n) is 16.6. The molecule has 1 N–H and O–H groups in total. The van der Waals surface area contributed by atoms with E-state index in [-0.39, 0.29) is 34.1 Å². The maximum absolute atomic E-state index is 13.5. The summed E-state index contributed by atoms with van der Waals surface area (Å²) in [5.41, 5.74) is -0.344. The molecule has 0 spiro atoms. The number of carboxylic acid groups (broad SMARTS) is 1. The molecule has 0 saturated carbocycles. The van der Waals surface area contributed by atoms with Gasteiger partial charge >= 0.3 is 11.9 Å². The van der Waals surface area contributed by atoms with Gasteiger partial charge in [-0.3, -0.25) is 4.31 Å². The number of aromatic nitrogens is 1. The van der Waals surface area contributed by atoms with E-state index in [1.165, 1.54) is 19.2 Å². The van der Waals surface area contributed by atoms with Crippen LogP contribution in [0.1, 0.15) is 46.2 Å². The average molecular weight is 424 g/mol. The molecule has 0 unspecified atom stereocenters. The van der Waals surface area contributed by atoms with Gasteiger partial charge in [0.2, 0.25) is 10.0 Å². The summed E-state index contributed by atoms with van der Waals surface area (Å²) >= 11 is 0. The van der Waals surface area contributed by atoms with Crippen molar-refractivity contribution in [2.45, 2.75) is 19.8 Å². The number of benzene rings is 1. The van der Waals surface area contributed by atoms with Gasteiger partial charge in [0, 0.05) is 12.6 Å². The summed E-state index contributed by atoms with van der Waals surface area (Å²) in [4.78, 5) is 29.0. The van der Waals surface area contributed by atoms with Crippen LogP contribution >= 0.6 is 0 Å². The topological polar surface area (TPSA) is 114 Å². The third-order valence-corrected chi connectivity index (χ3v) is 5.45. The highest BCUT2D eigenvalue weighted by Crippen LogP contribution is 2.38. The Labute approximate surface area is 168 Å². The zero-order valence-corrected chi connectivity index (χ0v) is 17.4. The van der Waals surface area contributed by atoms with Crippen LogP contribution in [0.3, 0.4) is 0 Å². The van der Waals surface area contributed by atoms with E-state index < -0.39 is 33.3 Å². The van der Waals surface area contributed by atoms with Crippen molar-refractivity contribution >= 4 is 27.8 Å². The van der Waals surface area contributed by atoms with Crippen LogP contribution in [0.15, 0.2) is 24.3 Å². The fraction of sp³-hybridized carbons (Fsp3) is 0.316. The molecule has 0 bridgehead atoms. The first kappa shape index (κ1) is 22.3. The first-order valence-electron chi connectivity index (χ1n) is 8.49. The molecule has 0 fully saturated rings. The minimum Gasteiger partial charge on any atom is -0.478 e. The SMILES string of the molecule is COC(=O)c1c(C(C)C)nc(N(C)S(C)(=O)=O)c(C(=O)O)c1-c1ccc(F)cc1. The van der Waals surface area contributed by atoms with Crippen LogP contribution in [0.25, 0.3) is 11.1 Å². The molecule has 1 heterocycles. The monoisotopic (exact) mass is 424 g/mol. The number of sulfonamides is 1. The van der Waals surface area contributed by atoms with Crippen molar-refractivity contribution in [1.29, 1.82) is 0 Å². The summed E-state index contributed by atoms with van der Waals surface area (Å²) in [5.74, 6) is -3.62. The van der Waals surface area contributed by atoms with Crippen molar-refractivity contribution in [3.8, 4) is 11.1 Å². The molecular formula is C19H21FN2O6S. The number of esters is 1. The van der Waals surface area contributed by atoms with Gasteiger partial charge in [-0.15, -0.1) is 0 Å². The summed E-state index contributed by atoms with van der Waals surface area (Å²) in [7, 11) is -1.56. The minimum atomic E-state index is -3.87. The van der Waals surface area contributed by atoms with Crippen LogP contribution in [-0.4, -0.2) is 50.9 Å². The van der Waals surface area contributed by atoms with E-state index in [4.69, 9.17) is 4.74 Å². The standard InChI is InChI=1S/C19H21FN2O6S/c1-10(2)16-14(19(25)28-4)13(11-6-8-12(20)9-7-11)15(18(23)24)17(21-16)22(3)29(5,26)27/h6-10H,1-5H3,(H,23,24). The summed E-state index contributed by atoms with van der Waals surface area (Å²) < 4.78 is 43.2. The number of ether oxygens (including phenoxy) is 1. The number of rotatable bonds is 6. The molecule has 0 amide bonds. The first-order chi connectivity index (χ1) is 13.4. The number of pyridine rings is 1. The number of hydrogen-bond acceptors (Lipinski definition) is 6. The lowest BCUT2D eigenvalue weighted by Crippen LogP contribution is -2.29. The molecule has 2 rings (SSSR count). The number of carbonyl (C=O) groups is 2. The quantitative estimate of drug-likeness (QED) is 0.709. The smallest absolute Gasteiger partial charge is 0.340 e. The largest absolute Gasteiger partial charge is 0.478 e. The van der Waals surface area contributed by atoms with Crippen molar-refractivity contribution < 1.29 is 32.2 Å².